The Balaban J connectivity index is 2.33. The normalized spacial score (nSPS) is 21.2. The highest BCUT2D eigenvalue weighted by Crippen LogP contribution is 2.44. The highest BCUT2D eigenvalue weighted by atomic mass is 14.5. The summed E-state index contributed by atoms with van der Waals surface area (Å²) < 4.78 is 0. The third-order valence-corrected chi connectivity index (χ3v) is 2.92. The van der Waals surface area contributed by atoms with E-state index in [1.165, 1.54) is 38.5 Å². The maximum absolute atomic E-state index is 5.59. The second-order valence-electron chi connectivity index (χ2n) is 3.95. The summed E-state index contributed by atoms with van der Waals surface area (Å²) in [6, 6.07) is 0. The molecule has 1 nitrogen and oxygen atoms in total. The van der Waals surface area contributed by atoms with E-state index in [9.17, 15) is 0 Å². The van der Waals surface area contributed by atoms with Gasteiger partial charge in [-0.15, -0.1) is 0 Å². The van der Waals surface area contributed by atoms with Crippen LogP contribution in [-0.4, -0.2) is 6.54 Å². The number of rotatable bonds is 5. The first-order valence-electron chi connectivity index (χ1n) is 5.21. The second kappa shape index (κ2) is 4.66. The van der Waals surface area contributed by atoms with Crippen molar-refractivity contribution in [1.29, 1.82) is 0 Å². The minimum atomic E-state index is 0.518. The number of nitrogens with two attached hydrogens (primary N) is 1. The highest BCUT2D eigenvalue weighted by Gasteiger charge is 2.32. The molecule has 1 aliphatic rings. The number of hydrogen-bond donors (Lipinski definition) is 1. The van der Waals surface area contributed by atoms with Crippen LogP contribution in [0.15, 0.2) is 12.2 Å². The van der Waals surface area contributed by atoms with Crippen molar-refractivity contribution in [3.8, 4) is 0 Å². The van der Waals surface area contributed by atoms with Gasteiger partial charge in [0.15, 0.2) is 0 Å². The Morgan fingerprint density at radius 2 is 2.17 bits per heavy atom. The number of unbranched alkanes of at least 4 members (excludes halogenated alkanes) is 1. The zero-order chi connectivity index (χ0) is 8.86. The van der Waals surface area contributed by atoms with E-state index >= 15 is 0 Å². The SMILES string of the molecule is CCC/C=C/C1(CCN)CCC1. The molecule has 0 atom stereocenters. The van der Waals surface area contributed by atoms with E-state index in [1.807, 2.05) is 0 Å². The van der Waals surface area contributed by atoms with Crippen LogP contribution in [0.3, 0.4) is 0 Å². The molecule has 0 bridgehead atoms. The summed E-state index contributed by atoms with van der Waals surface area (Å²) in [5, 5.41) is 0. The molecule has 0 aromatic rings. The molecule has 0 amide bonds. The lowest BCUT2D eigenvalue weighted by molar-refractivity contribution is 0.191. The van der Waals surface area contributed by atoms with E-state index in [0.717, 1.165) is 6.54 Å². The van der Waals surface area contributed by atoms with Gasteiger partial charge >= 0.3 is 0 Å². The third-order valence-electron chi connectivity index (χ3n) is 2.92. The lowest BCUT2D eigenvalue weighted by atomic mass is 9.66. The van der Waals surface area contributed by atoms with Crippen molar-refractivity contribution >= 4 is 0 Å². The van der Waals surface area contributed by atoms with Crippen molar-refractivity contribution in [2.45, 2.75) is 45.4 Å². The molecule has 0 spiro atoms. The maximum atomic E-state index is 5.59. The molecule has 0 aromatic carbocycles. The van der Waals surface area contributed by atoms with Crippen LogP contribution in [0.4, 0.5) is 0 Å². The van der Waals surface area contributed by atoms with Crippen LogP contribution in [-0.2, 0) is 0 Å². The molecule has 2 N–H and O–H groups in total. The van der Waals surface area contributed by atoms with Crippen LogP contribution < -0.4 is 5.73 Å². The molecule has 1 saturated carbocycles. The Kier molecular flexibility index (Phi) is 3.80. The van der Waals surface area contributed by atoms with Gasteiger partial charge in [-0.3, -0.25) is 0 Å². The Hall–Kier alpha value is -0.300. The summed E-state index contributed by atoms with van der Waals surface area (Å²) in [6.45, 7) is 3.07. The van der Waals surface area contributed by atoms with E-state index in [2.05, 4.69) is 19.1 Å². The Morgan fingerprint density at radius 3 is 2.58 bits per heavy atom. The molecule has 1 aliphatic carbocycles. The molecule has 0 saturated heterocycles. The van der Waals surface area contributed by atoms with E-state index in [1.54, 1.807) is 0 Å². The van der Waals surface area contributed by atoms with Crippen LogP contribution in [0.1, 0.15) is 45.4 Å². The molecule has 1 fully saturated rings. The molecule has 0 heterocycles. The smallest absolute Gasteiger partial charge is 0.00690 e. The van der Waals surface area contributed by atoms with Crippen molar-refractivity contribution in [3.05, 3.63) is 12.2 Å². The summed E-state index contributed by atoms with van der Waals surface area (Å²) in [4.78, 5) is 0. The first kappa shape index (κ1) is 9.79. The lowest BCUT2D eigenvalue weighted by Gasteiger charge is -2.39. The van der Waals surface area contributed by atoms with Gasteiger partial charge in [0.25, 0.3) is 0 Å². The molecule has 0 aromatic heterocycles. The van der Waals surface area contributed by atoms with Gasteiger partial charge < -0.3 is 5.73 Å². The predicted molar refractivity (Wildman–Crippen MR) is 54.0 cm³/mol. The monoisotopic (exact) mass is 167 g/mol. The van der Waals surface area contributed by atoms with Crippen molar-refractivity contribution in [2.24, 2.45) is 11.1 Å². The van der Waals surface area contributed by atoms with Gasteiger partial charge in [-0.2, -0.15) is 0 Å². The van der Waals surface area contributed by atoms with Gasteiger partial charge in [-0.1, -0.05) is 31.9 Å². The Morgan fingerprint density at radius 1 is 1.42 bits per heavy atom. The van der Waals surface area contributed by atoms with Crippen LogP contribution in [0.25, 0.3) is 0 Å². The van der Waals surface area contributed by atoms with Gasteiger partial charge in [0, 0.05) is 0 Å². The number of hydrogen-bond acceptors (Lipinski definition) is 1. The summed E-state index contributed by atoms with van der Waals surface area (Å²) in [6.07, 6.45) is 12.6. The van der Waals surface area contributed by atoms with E-state index in [-0.39, 0.29) is 0 Å². The Labute approximate surface area is 76.0 Å². The van der Waals surface area contributed by atoms with Crippen molar-refractivity contribution in [2.75, 3.05) is 6.54 Å². The van der Waals surface area contributed by atoms with Crippen LogP contribution >= 0.6 is 0 Å². The fraction of sp³-hybridized carbons (Fsp3) is 0.818. The third kappa shape index (κ3) is 2.34. The second-order valence-corrected chi connectivity index (χ2v) is 3.95. The summed E-state index contributed by atoms with van der Waals surface area (Å²) >= 11 is 0. The topological polar surface area (TPSA) is 26.0 Å². The van der Waals surface area contributed by atoms with Crippen LogP contribution in [0.2, 0.25) is 0 Å². The summed E-state index contributed by atoms with van der Waals surface area (Å²) in [5.41, 5.74) is 6.11. The standard InChI is InChI=1S/C11H21N/c1-2-3-4-6-11(9-10-12)7-5-8-11/h4,6H,2-3,5,7-10,12H2,1H3/b6-4+. The molecular formula is C11H21N. The maximum Gasteiger partial charge on any atom is -0.00690 e. The van der Waals surface area contributed by atoms with Gasteiger partial charge in [0.2, 0.25) is 0 Å². The zero-order valence-electron chi connectivity index (χ0n) is 8.18. The largest absolute Gasteiger partial charge is 0.330 e. The zero-order valence-corrected chi connectivity index (χ0v) is 8.18. The van der Waals surface area contributed by atoms with Crippen molar-refractivity contribution in [3.63, 3.8) is 0 Å². The fourth-order valence-electron chi connectivity index (χ4n) is 1.92. The summed E-state index contributed by atoms with van der Waals surface area (Å²) in [5.74, 6) is 0. The number of allylic oxidation sites excluding steroid dienone is 2. The average Bonchev–Trinajstić information content (AvgIpc) is 2.00. The van der Waals surface area contributed by atoms with Gasteiger partial charge in [0.1, 0.15) is 0 Å². The minimum Gasteiger partial charge on any atom is -0.330 e. The molecule has 0 aliphatic heterocycles. The average molecular weight is 167 g/mol. The van der Waals surface area contributed by atoms with E-state index in [0.29, 0.717) is 5.41 Å². The summed E-state index contributed by atoms with van der Waals surface area (Å²) in [7, 11) is 0. The van der Waals surface area contributed by atoms with Crippen LogP contribution in [0, 0.1) is 5.41 Å². The van der Waals surface area contributed by atoms with Gasteiger partial charge in [-0.25, -0.2) is 0 Å². The predicted octanol–water partition coefficient (Wildman–Crippen LogP) is 2.86. The molecule has 0 unspecified atom stereocenters. The first-order chi connectivity index (χ1) is 5.83. The lowest BCUT2D eigenvalue weighted by Crippen LogP contribution is -2.29. The molecule has 70 valence electrons. The van der Waals surface area contributed by atoms with Crippen molar-refractivity contribution < 1.29 is 0 Å². The van der Waals surface area contributed by atoms with Gasteiger partial charge in [-0.05, 0) is 37.6 Å². The molecule has 1 heteroatoms. The quantitative estimate of drug-likeness (QED) is 0.626. The Bertz CT molecular complexity index is 145. The van der Waals surface area contributed by atoms with E-state index < -0.39 is 0 Å². The highest BCUT2D eigenvalue weighted by molar-refractivity contribution is 5.04. The van der Waals surface area contributed by atoms with Crippen LogP contribution in [0.5, 0.6) is 0 Å². The molecule has 12 heavy (non-hydrogen) atoms. The van der Waals surface area contributed by atoms with Gasteiger partial charge in [0.05, 0.1) is 0 Å². The first-order valence-corrected chi connectivity index (χ1v) is 5.21. The molecule has 1 rings (SSSR count). The molecular weight excluding hydrogens is 146 g/mol. The minimum absolute atomic E-state index is 0.518. The van der Waals surface area contributed by atoms with E-state index in [4.69, 9.17) is 5.73 Å². The molecule has 0 radical (unpaired) electrons. The van der Waals surface area contributed by atoms with Crippen molar-refractivity contribution in [1.82, 2.24) is 0 Å². The fourth-order valence-corrected chi connectivity index (χ4v) is 1.92.